The Balaban J connectivity index is 1.53. The first-order valence-electron chi connectivity index (χ1n) is 9.75. The lowest BCUT2D eigenvalue weighted by Gasteiger charge is -2.09. The van der Waals surface area contributed by atoms with Crippen LogP contribution in [0.3, 0.4) is 0 Å². The zero-order chi connectivity index (χ0) is 19.1. The molecule has 0 N–H and O–H groups in total. The minimum Gasteiger partial charge on any atom is -0.489 e. The molecule has 0 heterocycles. The Bertz CT molecular complexity index is 871. The van der Waals surface area contributed by atoms with Gasteiger partial charge in [-0.25, -0.2) is 8.78 Å². The molecule has 0 saturated heterocycles. The summed E-state index contributed by atoms with van der Waals surface area (Å²) in [6.07, 6.45) is 7.59. The lowest BCUT2D eigenvalue weighted by Crippen LogP contribution is -1.96. The molecule has 142 valence electrons. The maximum atomic E-state index is 13.4. The van der Waals surface area contributed by atoms with Crippen LogP contribution in [0, 0.1) is 11.6 Å². The van der Waals surface area contributed by atoms with E-state index in [4.69, 9.17) is 4.74 Å². The van der Waals surface area contributed by atoms with Crippen LogP contribution in [-0.4, -0.2) is 0 Å². The average Bonchev–Trinajstić information content (AvgIpc) is 2.68. The number of hydrogen-bond donors (Lipinski definition) is 0. The number of benzene rings is 3. The van der Waals surface area contributed by atoms with Gasteiger partial charge in [0.25, 0.3) is 0 Å². The van der Waals surface area contributed by atoms with Crippen molar-refractivity contribution >= 4 is 10.8 Å². The zero-order valence-electron chi connectivity index (χ0n) is 15.8. The van der Waals surface area contributed by atoms with Crippen molar-refractivity contribution in [2.45, 2.75) is 52.1 Å². The van der Waals surface area contributed by atoms with Crippen LogP contribution in [0.25, 0.3) is 10.8 Å². The average molecular weight is 368 g/mol. The van der Waals surface area contributed by atoms with Crippen molar-refractivity contribution in [1.29, 1.82) is 0 Å². The van der Waals surface area contributed by atoms with Gasteiger partial charge in [-0.15, -0.1) is 0 Å². The molecular weight excluding hydrogens is 342 g/mol. The normalized spacial score (nSPS) is 11.1. The van der Waals surface area contributed by atoms with Gasteiger partial charge in [-0.3, -0.25) is 0 Å². The van der Waals surface area contributed by atoms with Gasteiger partial charge in [-0.2, -0.15) is 0 Å². The highest BCUT2D eigenvalue weighted by molar-refractivity contribution is 5.84. The molecule has 1 nitrogen and oxygen atoms in total. The summed E-state index contributed by atoms with van der Waals surface area (Å²) >= 11 is 0. The Kier molecular flexibility index (Phi) is 6.80. The lowest BCUT2D eigenvalue weighted by molar-refractivity contribution is 0.306. The van der Waals surface area contributed by atoms with E-state index in [1.54, 1.807) is 18.2 Å². The largest absolute Gasteiger partial charge is 0.489 e. The topological polar surface area (TPSA) is 9.23 Å². The van der Waals surface area contributed by atoms with Crippen LogP contribution in [0.2, 0.25) is 0 Å². The fraction of sp³-hybridized carbons (Fsp3) is 0.333. The Morgan fingerprint density at radius 1 is 0.704 bits per heavy atom. The summed E-state index contributed by atoms with van der Waals surface area (Å²) in [5.74, 6) is -1.03. The van der Waals surface area contributed by atoms with E-state index in [9.17, 15) is 8.78 Å². The quantitative estimate of drug-likeness (QED) is 0.363. The third-order valence-electron chi connectivity index (χ3n) is 4.85. The van der Waals surface area contributed by atoms with Gasteiger partial charge >= 0.3 is 0 Å². The van der Waals surface area contributed by atoms with E-state index >= 15 is 0 Å². The molecule has 0 atom stereocenters. The second kappa shape index (κ2) is 9.50. The SMILES string of the molecule is CCCCCCCc1ccc(COc2ccc3cc(F)c(F)cc3c2)cc1. The van der Waals surface area contributed by atoms with Gasteiger partial charge in [0, 0.05) is 0 Å². The minimum absolute atomic E-state index is 0.450. The smallest absolute Gasteiger partial charge is 0.159 e. The number of hydrogen-bond acceptors (Lipinski definition) is 1. The van der Waals surface area contributed by atoms with Crippen LogP contribution in [0.4, 0.5) is 8.78 Å². The predicted octanol–water partition coefficient (Wildman–Crippen LogP) is 7.21. The molecule has 27 heavy (non-hydrogen) atoms. The van der Waals surface area contributed by atoms with Gasteiger partial charge in [0.1, 0.15) is 12.4 Å². The molecule has 3 rings (SSSR count). The molecule has 0 saturated carbocycles. The Labute approximate surface area is 160 Å². The summed E-state index contributed by atoms with van der Waals surface area (Å²) in [4.78, 5) is 0. The van der Waals surface area contributed by atoms with Crippen LogP contribution >= 0.6 is 0 Å². The fourth-order valence-electron chi connectivity index (χ4n) is 3.21. The highest BCUT2D eigenvalue weighted by Gasteiger charge is 2.05. The number of halogens is 2. The second-order valence-corrected chi connectivity index (χ2v) is 7.04. The van der Waals surface area contributed by atoms with Gasteiger partial charge in [0.15, 0.2) is 11.6 Å². The summed E-state index contributed by atoms with van der Waals surface area (Å²) in [6.45, 7) is 2.68. The van der Waals surface area contributed by atoms with Crippen LogP contribution in [-0.2, 0) is 13.0 Å². The molecule has 0 unspecified atom stereocenters. The van der Waals surface area contributed by atoms with Crippen LogP contribution in [0.15, 0.2) is 54.6 Å². The molecule has 0 aliphatic carbocycles. The molecule has 0 amide bonds. The maximum absolute atomic E-state index is 13.4. The lowest BCUT2D eigenvalue weighted by atomic mass is 10.0. The number of rotatable bonds is 9. The molecule has 3 heteroatoms. The van der Waals surface area contributed by atoms with Crippen LogP contribution in [0.5, 0.6) is 5.75 Å². The fourth-order valence-corrected chi connectivity index (χ4v) is 3.21. The summed E-state index contributed by atoms with van der Waals surface area (Å²) in [5.41, 5.74) is 2.45. The van der Waals surface area contributed by atoms with E-state index in [0.717, 1.165) is 12.0 Å². The molecular formula is C24H26F2O. The van der Waals surface area contributed by atoms with E-state index in [2.05, 4.69) is 31.2 Å². The summed E-state index contributed by atoms with van der Waals surface area (Å²) in [6, 6.07) is 16.2. The number of ether oxygens (including phenoxy) is 1. The molecule has 0 bridgehead atoms. The van der Waals surface area contributed by atoms with Crippen LogP contribution in [0.1, 0.15) is 50.2 Å². The summed E-state index contributed by atoms with van der Waals surface area (Å²) in [5, 5.41) is 1.29. The van der Waals surface area contributed by atoms with Gasteiger partial charge in [0.2, 0.25) is 0 Å². The predicted molar refractivity (Wildman–Crippen MR) is 107 cm³/mol. The second-order valence-electron chi connectivity index (χ2n) is 7.04. The van der Waals surface area contributed by atoms with Crippen molar-refractivity contribution in [3.63, 3.8) is 0 Å². The molecule has 0 spiro atoms. The molecule has 0 aliphatic heterocycles. The number of fused-ring (bicyclic) bond motifs is 1. The number of unbranched alkanes of at least 4 members (excludes halogenated alkanes) is 4. The van der Waals surface area contributed by atoms with Crippen molar-refractivity contribution in [3.05, 3.63) is 77.4 Å². The molecule has 3 aromatic rings. The third-order valence-corrected chi connectivity index (χ3v) is 4.85. The zero-order valence-corrected chi connectivity index (χ0v) is 15.8. The highest BCUT2D eigenvalue weighted by atomic mass is 19.2. The first-order valence-corrected chi connectivity index (χ1v) is 9.75. The summed E-state index contributed by atoms with van der Waals surface area (Å²) in [7, 11) is 0. The molecule has 3 aromatic carbocycles. The monoisotopic (exact) mass is 368 g/mol. The molecule has 0 aliphatic rings. The van der Waals surface area contributed by atoms with Crippen LogP contribution < -0.4 is 4.74 Å². The van der Waals surface area contributed by atoms with E-state index in [1.165, 1.54) is 49.8 Å². The highest BCUT2D eigenvalue weighted by Crippen LogP contribution is 2.24. The van der Waals surface area contributed by atoms with Gasteiger partial charge < -0.3 is 4.74 Å². The van der Waals surface area contributed by atoms with Gasteiger partial charge in [0.05, 0.1) is 0 Å². The van der Waals surface area contributed by atoms with Crippen molar-refractivity contribution in [2.75, 3.05) is 0 Å². The molecule has 0 aromatic heterocycles. The van der Waals surface area contributed by atoms with E-state index in [0.29, 0.717) is 23.1 Å². The minimum atomic E-state index is -0.843. The van der Waals surface area contributed by atoms with E-state index < -0.39 is 11.6 Å². The number of aryl methyl sites for hydroxylation is 1. The first kappa shape index (κ1) is 19.3. The standard InChI is InChI=1S/C24H26F2O/c1-2-3-4-5-6-7-18-8-10-19(11-9-18)17-27-22-13-12-20-15-23(25)24(26)16-21(20)14-22/h8-16H,2-7,17H2,1H3. The molecule has 0 fully saturated rings. The third kappa shape index (κ3) is 5.53. The van der Waals surface area contributed by atoms with Crippen molar-refractivity contribution in [3.8, 4) is 5.75 Å². The molecule has 0 radical (unpaired) electrons. The summed E-state index contributed by atoms with van der Waals surface area (Å²) < 4.78 is 32.5. The Morgan fingerprint density at radius 3 is 2.11 bits per heavy atom. The Morgan fingerprint density at radius 2 is 1.37 bits per heavy atom. The van der Waals surface area contributed by atoms with E-state index in [1.807, 2.05) is 0 Å². The van der Waals surface area contributed by atoms with Crippen molar-refractivity contribution in [1.82, 2.24) is 0 Å². The van der Waals surface area contributed by atoms with Gasteiger partial charge in [-0.05, 0) is 59.0 Å². The maximum Gasteiger partial charge on any atom is 0.159 e. The van der Waals surface area contributed by atoms with E-state index in [-0.39, 0.29) is 0 Å². The van der Waals surface area contributed by atoms with Crippen molar-refractivity contribution < 1.29 is 13.5 Å². The van der Waals surface area contributed by atoms with Gasteiger partial charge in [-0.1, -0.05) is 62.9 Å². The first-order chi connectivity index (χ1) is 13.2. The Hall–Kier alpha value is -2.42. The van der Waals surface area contributed by atoms with Crippen molar-refractivity contribution in [2.24, 2.45) is 0 Å².